The Labute approximate surface area is 76.8 Å². The molecule has 1 aliphatic rings. The van der Waals surface area contributed by atoms with Gasteiger partial charge in [0.05, 0.1) is 5.54 Å². The molecule has 0 aliphatic carbocycles. The van der Waals surface area contributed by atoms with Crippen molar-refractivity contribution in [1.82, 2.24) is 4.41 Å². The molecule has 1 aromatic carbocycles. The van der Waals surface area contributed by atoms with E-state index in [1.54, 1.807) is 16.4 Å². The van der Waals surface area contributed by atoms with E-state index in [0.29, 0.717) is 0 Å². The Morgan fingerprint density at radius 1 is 1.33 bits per heavy atom. The Bertz CT molecular complexity index is 309. The second kappa shape index (κ2) is 2.49. The SMILES string of the molecule is CC1(C)c2ccccc2SN1N. The minimum absolute atomic E-state index is 0.0404. The topological polar surface area (TPSA) is 29.3 Å². The summed E-state index contributed by atoms with van der Waals surface area (Å²) in [6.07, 6.45) is 0. The van der Waals surface area contributed by atoms with Crippen molar-refractivity contribution in [3.05, 3.63) is 29.8 Å². The molecule has 0 aromatic heterocycles. The van der Waals surface area contributed by atoms with Gasteiger partial charge in [0.15, 0.2) is 0 Å². The van der Waals surface area contributed by atoms with Crippen LogP contribution < -0.4 is 5.84 Å². The van der Waals surface area contributed by atoms with E-state index in [0.717, 1.165) is 0 Å². The second-order valence-electron chi connectivity index (χ2n) is 3.47. The summed E-state index contributed by atoms with van der Waals surface area (Å²) in [6.45, 7) is 4.26. The average Bonchev–Trinajstić information content (AvgIpc) is 2.25. The third kappa shape index (κ3) is 0.975. The lowest BCUT2D eigenvalue weighted by molar-refractivity contribution is 0.269. The van der Waals surface area contributed by atoms with Crippen LogP contribution in [-0.2, 0) is 5.54 Å². The fourth-order valence-electron chi connectivity index (χ4n) is 1.39. The van der Waals surface area contributed by atoms with E-state index in [2.05, 4.69) is 32.0 Å². The Morgan fingerprint density at radius 3 is 2.67 bits per heavy atom. The highest BCUT2D eigenvalue weighted by molar-refractivity contribution is 7.97. The molecule has 3 heteroatoms. The molecule has 12 heavy (non-hydrogen) atoms. The summed E-state index contributed by atoms with van der Waals surface area (Å²) in [5.41, 5.74) is 1.28. The second-order valence-corrected chi connectivity index (χ2v) is 4.49. The van der Waals surface area contributed by atoms with Crippen LogP contribution in [0.2, 0.25) is 0 Å². The summed E-state index contributed by atoms with van der Waals surface area (Å²) in [5.74, 6) is 5.86. The van der Waals surface area contributed by atoms with Crippen LogP contribution in [0.15, 0.2) is 29.2 Å². The standard InChI is InChI=1S/C9H12N2S/c1-9(2)7-5-3-4-6-8(7)12-11(9)10/h3-6H,10H2,1-2H3. The van der Waals surface area contributed by atoms with E-state index in [-0.39, 0.29) is 5.54 Å². The van der Waals surface area contributed by atoms with Gasteiger partial charge in [-0.25, -0.2) is 0 Å². The van der Waals surface area contributed by atoms with E-state index in [9.17, 15) is 0 Å². The number of hydrazine groups is 1. The molecule has 0 saturated carbocycles. The molecule has 0 radical (unpaired) electrons. The first-order valence-electron chi connectivity index (χ1n) is 3.95. The summed E-state index contributed by atoms with van der Waals surface area (Å²) in [4.78, 5) is 1.27. The number of benzene rings is 1. The predicted molar refractivity (Wildman–Crippen MR) is 51.4 cm³/mol. The molecule has 0 bridgehead atoms. The van der Waals surface area contributed by atoms with Crippen molar-refractivity contribution in [2.75, 3.05) is 0 Å². The van der Waals surface area contributed by atoms with E-state index < -0.39 is 0 Å². The van der Waals surface area contributed by atoms with Gasteiger partial charge in [0, 0.05) is 4.90 Å². The van der Waals surface area contributed by atoms with Gasteiger partial charge in [-0.2, -0.15) is 4.41 Å². The summed E-state index contributed by atoms with van der Waals surface area (Å²) < 4.78 is 1.80. The lowest BCUT2D eigenvalue weighted by atomic mass is 9.95. The highest BCUT2D eigenvalue weighted by Crippen LogP contribution is 2.44. The molecule has 0 spiro atoms. The number of nitrogens with zero attached hydrogens (tertiary/aromatic N) is 1. The van der Waals surface area contributed by atoms with Crippen LogP contribution in [0.4, 0.5) is 0 Å². The highest BCUT2D eigenvalue weighted by Gasteiger charge is 2.36. The third-order valence-electron chi connectivity index (χ3n) is 2.29. The van der Waals surface area contributed by atoms with Gasteiger partial charge in [0.1, 0.15) is 0 Å². The summed E-state index contributed by atoms with van der Waals surface area (Å²) in [7, 11) is 0. The minimum atomic E-state index is -0.0404. The maximum absolute atomic E-state index is 5.86. The molecule has 2 rings (SSSR count). The number of hydrogen-bond acceptors (Lipinski definition) is 3. The summed E-state index contributed by atoms with van der Waals surface area (Å²) in [6, 6.07) is 8.34. The highest BCUT2D eigenvalue weighted by atomic mass is 32.2. The third-order valence-corrected chi connectivity index (χ3v) is 3.50. The molecule has 0 saturated heterocycles. The van der Waals surface area contributed by atoms with Crippen molar-refractivity contribution in [2.45, 2.75) is 24.3 Å². The van der Waals surface area contributed by atoms with Gasteiger partial charge >= 0.3 is 0 Å². The van der Waals surface area contributed by atoms with Crippen molar-refractivity contribution in [3.8, 4) is 0 Å². The van der Waals surface area contributed by atoms with Gasteiger partial charge in [0.2, 0.25) is 0 Å². The van der Waals surface area contributed by atoms with Crippen molar-refractivity contribution in [2.24, 2.45) is 5.84 Å². The maximum Gasteiger partial charge on any atom is 0.0672 e. The summed E-state index contributed by atoms with van der Waals surface area (Å²) in [5, 5.41) is 0. The Balaban J connectivity index is 2.55. The van der Waals surface area contributed by atoms with Crippen molar-refractivity contribution in [1.29, 1.82) is 0 Å². The predicted octanol–water partition coefficient (Wildman–Crippen LogP) is 2.12. The zero-order chi connectivity index (χ0) is 8.77. The Morgan fingerprint density at radius 2 is 2.00 bits per heavy atom. The van der Waals surface area contributed by atoms with Crippen LogP contribution in [0.1, 0.15) is 19.4 Å². The Hall–Kier alpha value is -0.510. The van der Waals surface area contributed by atoms with Crippen LogP contribution in [0, 0.1) is 0 Å². The monoisotopic (exact) mass is 180 g/mol. The molecule has 1 heterocycles. The van der Waals surface area contributed by atoms with Gasteiger partial charge in [-0.1, -0.05) is 18.2 Å². The molecule has 2 nitrogen and oxygen atoms in total. The number of rotatable bonds is 0. The molecule has 1 aromatic rings. The van der Waals surface area contributed by atoms with Crippen molar-refractivity contribution in [3.63, 3.8) is 0 Å². The molecule has 2 N–H and O–H groups in total. The number of fused-ring (bicyclic) bond motifs is 1. The zero-order valence-electron chi connectivity index (χ0n) is 7.24. The van der Waals surface area contributed by atoms with Crippen LogP contribution in [-0.4, -0.2) is 4.41 Å². The van der Waals surface area contributed by atoms with Gasteiger partial charge < -0.3 is 0 Å². The van der Waals surface area contributed by atoms with Gasteiger partial charge in [0.25, 0.3) is 0 Å². The van der Waals surface area contributed by atoms with Crippen LogP contribution >= 0.6 is 11.9 Å². The molecule has 1 aliphatic heterocycles. The van der Waals surface area contributed by atoms with E-state index in [1.807, 2.05) is 6.07 Å². The molecule has 64 valence electrons. The van der Waals surface area contributed by atoms with Crippen molar-refractivity contribution < 1.29 is 0 Å². The van der Waals surface area contributed by atoms with Crippen molar-refractivity contribution >= 4 is 11.9 Å². The quantitative estimate of drug-likeness (QED) is 0.490. The average molecular weight is 180 g/mol. The zero-order valence-corrected chi connectivity index (χ0v) is 8.06. The lowest BCUT2D eigenvalue weighted by Gasteiger charge is -2.25. The lowest BCUT2D eigenvalue weighted by Crippen LogP contribution is -2.37. The molecule has 0 unspecified atom stereocenters. The molecular weight excluding hydrogens is 168 g/mol. The van der Waals surface area contributed by atoms with E-state index in [4.69, 9.17) is 5.84 Å². The van der Waals surface area contributed by atoms with E-state index in [1.165, 1.54) is 10.5 Å². The minimum Gasteiger partial charge on any atom is -0.258 e. The molecule has 0 atom stereocenters. The number of hydrogen-bond donors (Lipinski definition) is 1. The first-order chi connectivity index (χ1) is 5.62. The largest absolute Gasteiger partial charge is 0.258 e. The van der Waals surface area contributed by atoms with E-state index >= 15 is 0 Å². The fourth-order valence-corrected chi connectivity index (χ4v) is 2.48. The molecule has 0 fully saturated rings. The van der Waals surface area contributed by atoms with Crippen LogP contribution in [0.5, 0.6) is 0 Å². The molecular formula is C9H12N2S. The maximum atomic E-state index is 5.86. The van der Waals surface area contributed by atoms with Crippen LogP contribution in [0.25, 0.3) is 0 Å². The Kier molecular flexibility index (Phi) is 1.68. The molecule has 0 amide bonds. The fraction of sp³-hybridized carbons (Fsp3) is 0.333. The van der Waals surface area contributed by atoms with Gasteiger partial charge in [-0.05, 0) is 37.4 Å². The summed E-state index contributed by atoms with van der Waals surface area (Å²) >= 11 is 1.61. The first kappa shape index (κ1) is 8.10. The normalized spacial score (nSPS) is 20.9. The van der Waals surface area contributed by atoms with Crippen LogP contribution in [0.3, 0.4) is 0 Å². The smallest absolute Gasteiger partial charge is 0.0672 e. The number of nitrogens with two attached hydrogens (primary N) is 1. The first-order valence-corrected chi connectivity index (χ1v) is 4.72. The van der Waals surface area contributed by atoms with Gasteiger partial charge in [-0.15, -0.1) is 0 Å². The van der Waals surface area contributed by atoms with Gasteiger partial charge in [-0.3, -0.25) is 5.84 Å².